The summed E-state index contributed by atoms with van der Waals surface area (Å²) in [6.45, 7) is 7.18. The van der Waals surface area contributed by atoms with Crippen molar-refractivity contribution in [2.45, 2.75) is 39.5 Å². The van der Waals surface area contributed by atoms with Gasteiger partial charge in [-0.05, 0) is 49.1 Å². The Balaban J connectivity index is 1.59. The van der Waals surface area contributed by atoms with Gasteiger partial charge in [-0.15, -0.1) is 0 Å². The average molecular weight is 457 g/mol. The molecular weight excluding hydrogens is 429 g/mol. The van der Waals surface area contributed by atoms with E-state index in [2.05, 4.69) is 32.3 Å². The Labute approximate surface area is 191 Å². The molecule has 1 aliphatic heterocycles. The van der Waals surface area contributed by atoms with Crippen LogP contribution in [0.15, 0.2) is 48.5 Å². The Kier molecular flexibility index (Phi) is 6.67. The summed E-state index contributed by atoms with van der Waals surface area (Å²) in [6.07, 6.45) is -3.48. The van der Waals surface area contributed by atoms with Crippen LogP contribution in [0.2, 0.25) is 0 Å². The topological polar surface area (TPSA) is 57.2 Å². The molecule has 0 fully saturated rings. The highest BCUT2D eigenvalue weighted by atomic mass is 19.4. The molecule has 9 heteroatoms. The molecule has 1 aromatic heterocycles. The van der Waals surface area contributed by atoms with Crippen LogP contribution in [0.4, 0.5) is 31.0 Å². The highest BCUT2D eigenvalue weighted by Gasteiger charge is 2.30. The van der Waals surface area contributed by atoms with Gasteiger partial charge >= 0.3 is 6.18 Å². The van der Waals surface area contributed by atoms with Crippen molar-refractivity contribution in [1.29, 1.82) is 0 Å². The molecule has 0 spiro atoms. The van der Waals surface area contributed by atoms with Crippen LogP contribution in [0.3, 0.4) is 0 Å². The molecule has 33 heavy (non-hydrogen) atoms. The van der Waals surface area contributed by atoms with Gasteiger partial charge in [-0.2, -0.15) is 28.1 Å². The zero-order chi connectivity index (χ0) is 23.4. The molecule has 4 rings (SSSR count). The number of hydrogen-bond donors (Lipinski definition) is 1. The highest BCUT2D eigenvalue weighted by Crippen LogP contribution is 2.30. The van der Waals surface area contributed by atoms with Crippen molar-refractivity contribution in [3.63, 3.8) is 0 Å². The summed E-state index contributed by atoms with van der Waals surface area (Å²) in [5.41, 5.74) is 2.40. The molecule has 2 aromatic carbocycles. The number of alkyl halides is 3. The van der Waals surface area contributed by atoms with Crippen LogP contribution in [0.25, 0.3) is 0 Å². The zero-order valence-corrected chi connectivity index (χ0v) is 18.7. The molecule has 0 unspecified atom stereocenters. The SMILES string of the molecule is CCN(CC)c1nc(NCc2cccc(C(F)(F)F)c2)nc(N2CCc3ccccc3C2)n1. The molecule has 3 aromatic rings. The monoisotopic (exact) mass is 456 g/mol. The van der Waals surface area contributed by atoms with E-state index in [1.54, 1.807) is 6.07 Å². The summed E-state index contributed by atoms with van der Waals surface area (Å²) >= 11 is 0. The Morgan fingerprint density at radius 3 is 2.45 bits per heavy atom. The minimum absolute atomic E-state index is 0.175. The van der Waals surface area contributed by atoms with Crippen molar-refractivity contribution >= 4 is 17.8 Å². The fraction of sp³-hybridized carbons (Fsp3) is 0.375. The third-order valence-electron chi connectivity index (χ3n) is 5.78. The second-order valence-corrected chi connectivity index (χ2v) is 7.92. The number of fused-ring (bicyclic) bond motifs is 1. The van der Waals surface area contributed by atoms with Gasteiger partial charge in [0.05, 0.1) is 5.56 Å². The molecule has 174 valence electrons. The molecule has 0 atom stereocenters. The van der Waals surface area contributed by atoms with Gasteiger partial charge in [0, 0.05) is 32.7 Å². The summed E-state index contributed by atoms with van der Waals surface area (Å²) < 4.78 is 39.2. The molecule has 1 aliphatic rings. The molecule has 1 N–H and O–H groups in total. The van der Waals surface area contributed by atoms with E-state index in [9.17, 15) is 13.2 Å². The third kappa shape index (κ3) is 5.35. The number of aromatic nitrogens is 3. The van der Waals surface area contributed by atoms with Crippen LogP contribution in [-0.4, -0.2) is 34.6 Å². The van der Waals surface area contributed by atoms with Crippen molar-refractivity contribution in [3.05, 3.63) is 70.8 Å². The van der Waals surface area contributed by atoms with E-state index >= 15 is 0 Å². The quantitative estimate of drug-likeness (QED) is 0.545. The average Bonchev–Trinajstić information content (AvgIpc) is 2.83. The zero-order valence-electron chi connectivity index (χ0n) is 18.7. The summed E-state index contributed by atoms with van der Waals surface area (Å²) in [4.78, 5) is 18.0. The second kappa shape index (κ2) is 9.64. The first-order valence-corrected chi connectivity index (χ1v) is 11.1. The van der Waals surface area contributed by atoms with E-state index in [-0.39, 0.29) is 6.54 Å². The largest absolute Gasteiger partial charge is 0.416 e. The number of anilines is 3. The molecule has 0 saturated carbocycles. The van der Waals surface area contributed by atoms with Crippen LogP contribution in [0.1, 0.15) is 36.1 Å². The Bertz CT molecular complexity index is 1100. The van der Waals surface area contributed by atoms with Gasteiger partial charge in [0.15, 0.2) is 0 Å². The van der Waals surface area contributed by atoms with Crippen LogP contribution < -0.4 is 15.1 Å². The highest BCUT2D eigenvalue weighted by molar-refractivity contribution is 5.48. The lowest BCUT2D eigenvalue weighted by atomic mass is 10.0. The second-order valence-electron chi connectivity index (χ2n) is 7.92. The maximum Gasteiger partial charge on any atom is 0.416 e. The fourth-order valence-corrected chi connectivity index (χ4v) is 3.93. The molecular formula is C24H27F3N6. The lowest BCUT2D eigenvalue weighted by Gasteiger charge is -2.30. The first-order chi connectivity index (χ1) is 15.9. The number of rotatable bonds is 7. The lowest BCUT2D eigenvalue weighted by molar-refractivity contribution is -0.137. The van der Waals surface area contributed by atoms with E-state index in [1.807, 2.05) is 30.9 Å². The van der Waals surface area contributed by atoms with Crippen molar-refractivity contribution in [3.8, 4) is 0 Å². The van der Waals surface area contributed by atoms with Crippen LogP contribution in [0.5, 0.6) is 0 Å². The number of nitrogens with zero attached hydrogens (tertiary/aromatic N) is 5. The minimum atomic E-state index is -4.38. The maximum atomic E-state index is 13.1. The normalized spacial score (nSPS) is 13.5. The summed E-state index contributed by atoms with van der Waals surface area (Å²) in [6, 6.07) is 13.6. The van der Waals surface area contributed by atoms with Crippen molar-refractivity contribution in [2.24, 2.45) is 0 Å². The summed E-state index contributed by atoms with van der Waals surface area (Å²) in [5, 5.41) is 3.10. The van der Waals surface area contributed by atoms with Crippen LogP contribution in [0, 0.1) is 0 Å². The van der Waals surface area contributed by atoms with Gasteiger partial charge in [0.1, 0.15) is 0 Å². The van der Waals surface area contributed by atoms with Gasteiger partial charge in [-0.25, -0.2) is 0 Å². The predicted molar refractivity (Wildman–Crippen MR) is 123 cm³/mol. The van der Waals surface area contributed by atoms with E-state index in [1.165, 1.54) is 17.2 Å². The van der Waals surface area contributed by atoms with Gasteiger partial charge in [-0.3, -0.25) is 0 Å². The maximum absolute atomic E-state index is 13.1. The van der Waals surface area contributed by atoms with Gasteiger partial charge in [0.25, 0.3) is 0 Å². The number of nitrogens with one attached hydrogen (secondary N) is 1. The molecule has 2 heterocycles. The molecule has 0 amide bonds. The molecule has 0 aliphatic carbocycles. The number of benzene rings is 2. The Morgan fingerprint density at radius 1 is 0.970 bits per heavy atom. The Hall–Kier alpha value is -3.36. The van der Waals surface area contributed by atoms with E-state index in [4.69, 9.17) is 4.98 Å². The predicted octanol–water partition coefficient (Wildman–Crippen LogP) is 4.91. The van der Waals surface area contributed by atoms with Crippen LogP contribution in [-0.2, 0) is 25.7 Å². The molecule has 0 bridgehead atoms. The fourth-order valence-electron chi connectivity index (χ4n) is 3.93. The summed E-state index contributed by atoms with van der Waals surface area (Å²) in [7, 11) is 0. The first-order valence-electron chi connectivity index (χ1n) is 11.1. The van der Waals surface area contributed by atoms with E-state index in [0.717, 1.165) is 38.2 Å². The van der Waals surface area contributed by atoms with Crippen LogP contribution >= 0.6 is 0 Å². The smallest absolute Gasteiger partial charge is 0.350 e. The van der Waals surface area contributed by atoms with Crippen molar-refractivity contribution in [1.82, 2.24) is 15.0 Å². The number of hydrogen-bond acceptors (Lipinski definition) is 6. The first kappa shape index (κ1) is 22.8. The number of halogens is 3. The molecule has 6 nitrogen and oxygen atoms in total. The van der Waals surface area contributed by atoms with Crippen molar-refractivity contribution < 1.29 is 13.2 Å². The third-order valence-corrected chi connectivity index (χ3v) is 5.78. The molecule has 0 radical (unpaired) electrons. The van der Waals surface area contributed by atoms with Gasteiger partial charge < -0.3 is 15.1 Å². The Morgan fingerprint density at radius 2 is 1.73 bits per heavy atom. The molecule has 0 saturated heterocycles. The van der Waals surface area contributed by atoms with E-state index in [0.29, 0.717) is 30.0 Å². The van der Waals surface area contributed by atoms with Gasteiger partial charge in [-0.1, -0.05) is 36.4 Å². The lowest BCUT2D eigenvalue weighted by Crippen LogP contribution is -2.33. The van der Waals surface area contributed by atoms with Crippen molar-refractivity contribution in [2.75, 3.05) is 34.8 Å². The standard InChI is InChI=1S/C24H27F3N6/c1-3-32(4-2)22-29-21(28-15-17-8-7-11-20(14-17)24(25,26)27)30-23(31-22)33-13-12-18-9-5-6-10-19(18)16-33/h5-11,14H,3-4,12-13,15-16H2,1-2H3,(H,28,29,30,31). The van der Waals surface area contributed by atoms with Gasteiger partial charge in [0.2, 0.25) is 17.8 Å². The van der Waals surface area contributed by atoms with E-state index < -0.39 is 11.7 Å². The minimum Gasteiger partial charge on any atom is -0.350 e. The summed E-state index contributed by atoms with van der Waals surface area (Å²) in [5.74, 6) is 1.46.